The highest BCUT2D eigenvalue weighted by Crippen LogP contribution is 2.38. The molecule has 2 aromatic rings. The predicted molar refractivity (Wildman–Crippen MR) is 116 cm³/mol. The van der Waals surface area contributed by atoms with Gasteiger partial charge in [-0.3, -0.25) is 4.79 Å². The van der Waals surface area contributed by atoms with Crippen LogP contribution in [0.3, 0.4) is 0 Å². The largest absolute Gasteiger partial charge is 0.452 e. The van der Waals surface area contributed by atoms with Crippen LogP contribution < -0.4 is 5.32 Å². The van der Waals surface area contributed by atoms with Gasteiger partial charge in [0, 0.05) is 18.0 Å². The van der Waals surface area contributed by atoms with Gasteiger partial charge in [0.05, 0.1) is 29.2 Å². The van der Waals surface area contributed by atoms with E-state index < -0.39 is 28.5 Å². The van der Waals surface area contributed by atoms with Gasteiger partial charge in [0.1, 0.15) is 11.1 Å². The van der Waals surface area contributed by atoms with E-state index in [1.54, 1.807) is 0 Å². The summed E-state index contributed by atoms with van der Waals surface area (Å²) in [6, 6.07) is 7.67. The lowest BCUT2D eigenvalue weighted by Gasteiger charge is -2.26. The first-order valence-electron chi connectivity index (χ1n) is 10.1. The first-order valence-corrected chi connectivity index (χ1v) is 12.4. The number of esters is 1. The highest BCUT2D eigenvalue weighted by Gasteiger charge is 2.27. The highest BCUT2D eigenvalue weighted by molar-refractivity contribution is 7.89. The number of hydrogen-bond acceptors (Lipinski definition) is 8. The van der Waals surface area contributed by atoms with Crippen LogP contribution in [0.15, 0.2) is 29.2 Å². The molecule has 0 saturated carbocycles. The van der Waals surface area contributed by atoms with E-state index in [2.05, 4.69) is 11.4 Å². The minimum absolute atomic E-state index is 0.0231. The third kappa shape index (κ3) is 4.54. The molecule has 168 valence electrons. The number of aryl methyl sites for hydroxylation is 1. The topological polar surface area (TPSA) is 126 Å². The summed E-state index contributed by atoms with van der Waals surface area (Å²) in [7, 11) is -3.76. The average molecular weight is 476 g/mol. The van der Waals surface area contributed by atoms with Gasteiger partial charge >= 0.3 is 5.97 Å². The molecular weight excluding hydrogens is 454 g/mol. The van der Waals surface area contributed by atoms with Gasteiger partial charge in [-0.2, -0.15) is 9.57 Å². The van der Waals surface area contributed by atoms with Gasteiger partial charge in [-0.05, 0) is 43.0 Å². The van der Waals surface area contributed by atoms with Crippen LogP contribution in [0.25, 0.3) is 0 Å². The molecular formula is C21H21N3O6S2. The Kier molecular flexibility index (Phi) is 6.57. The Labute approximate surface area is 189 Å². The third-order valence-electron chi connectivity index (χ3n) is 5.30. The maximum Gasteiger partial charge on any atom is 0.338 e. The molecule has 0 atom stereocenters. The molecule has 1 aliphatic heterocycles. The Bertz CT molecular complexity index is 1190. The molecule has 2 aliphatic rings. The molecule has 0 unspecified atom stereocenters. The summed E-state index contributed by atoms with van der Waals surface area (Å²) >= 11 is 1.38. The third-order valence-corrected chi connectivity index (χ3v) is 8.40. The van der Waals surface area contributed by atoms with Gasteiger partial charge in [0.2, 0.25) is 10.0 Å². The van der Waals surface area contributed by atoms with E-state index in [4.69, 9.17) is 9.47 Å². The molecule has 0 radical (unpaired) electrons. The molecule has 2 heterocycles. The Morgan fingerprint density at radius 1 is 1.25 bits per heavy atom. The monoisotopic (exact) mass is 475 g/mol. The summed E-state index contributed by atoms with van der Waals surface area (Å²) in [6.45, 7) is 0.572. The van der Waals surface area contributed by atoms with Gasteiger partial charge < -0.3 is 14.8 Å². The number of carbonyl (C=O) groups is 2. The summed E-state index contributed by atoms with van der Waals surface area (Å²) in [6.07, 6.45) is 2.72. The van der Waals surface area contributed by atoms with E-state index in [-0.39, 0.29) is 23.5 Å². The number of morpholine rings is 1. The van der Waals surface area contributed by atoms with Crippen LogP contribution in [0.4, 0.5) is 5.00 Å². The second-order valence-corrected chi connectivity index (χ2v) is 10.4. The zero-order chi connectivity index (χ0) is 22.7. The normalized spacial score (nSPS) is 16.2. The van der Waals surface area contributed by atoms with E-state index in [1.807, 2.05) is 0 Å². The first kappa shape index (κ1) is 22.4. The minimum atomic E-state index is -3.76. The lowest BCUT2D eigenvalue weighted by molar-refractivity contribution is -0.119. The van der Waals surface area contributed by atoms with Crippen LogP contribution in [0.5, 0.6) is 0 Å². The Morgan fingerprint density at radius 3 is 2.78 bits per heavy atom. The standard InChI is InChI=1S/C21H21N3O6S2/c22-12-17-16-5-2-6-18(16)31-20(17)23-19(25)13-30-21(26)14-3-1-4-15(11-14)32(27,28)24-7-9-29-10-8-24/h1,3-4,11H,2,5-10,13H2,(H,23,25). The molecule has 1 aromatic carbocycles. The lowest BCUT2D eigenvalue weighted by atomic mass is 10.1. The van der Waals surface area contributed by atoms with Crippen molar-refractivity contribution in [1.82, 2.24) is 4.31 Å². The molecule has 1 aliphatic carbocycles. The number of hydrogen-bond donors (Lipinski definition) is 1. The highest BCUT2D eigenvalue weighted by atomic mass is 32.2. The van der Waals surface area contributed by atoms with E-state index in [0.717, 1.165) is 29.7 Å². The fourth-order valence-electron chi connectivity index (χ4n) is 3.71. The molecule has 1 aromatic heterocycles. The van der Waals surface area contributed by atoms with Crippen molar-refractivity contribution in [3.05, 3.63) is 45.8 Å². The molecule has 4 rings (SSSR count). The van der Waals surface area contributed by atoms with Gasteiger partial charge in [-0.25, -0.2) is 13.2 Å². The van der Waals surface area contributed by atoms with Crippen molar-refractivity contribution in [2.45, 2.75) is 24.2 Å². The number of amides is 1. The van der Waals surface area contributed by atoms with E-state index in [9.17, 15) is 23.3 Å². The number of fused-ring (bicyclic) bond motifs is 1. The van der Waals surface area contributed by atoms with Gasteiger partial charge in [0.15, 0.2) is 6.61 Å². The van der Waals surface area contributed by atoms with Crippen molar-refractivity contribution in [1.29, 1.82) is 5.26 Å². The maximum atomic E-state index is 12.8. The van der Waals surface area contributed by atoms with Crippen LogP contribution >= 0.6 is 11.3 Å². The lowest BCUT2D eigenvalue weighted by Crippen LogP contribution is -2.40. The smallest absolute Gasteiger partial charge is 0.338 e. The number of thiophene rings is 1. The van der Waals surface area contributed by atoms with E-state index in [0.29, 0.717) is 23.8 Å². The Morgan fingerprint density at radius 2 is 2.03 bits per heavy atom. The first-order chi connectivity index (χ1) is 15.4. The van der Waals surface area contributed by atoms with Gasteiger partial charge in [-0.1, -0.05) is 6.07 Å². The molecule has 0 bridgehead atoms. The molecule has 1 amide bonds. The van der Waals surface area contributed by atoms with Gasteiger partial charge in [-0.15, -0.1) is 11.3 Å². The number of carbonyl (C=O) groups excluding carboxylic acids is 2. The van der Waals surface area contributed by atoms with E-state index in [1.165, 1.54) is 39.9 Å². The van der Waals surface area contributed by atoms with Crippen molar-refractivity contribution in [3.63, 3.8) is 0 Å². The maximum absolute atomic E-state index is 12.8. The number of rotatable bonds is 6. The van der Waals surface area contributed by atoms with Crippen molar-refractivity contribution in [2.24, 2.45) is 0 Å². The molecule has 11 heteroatoms. The fraction of sp³-hybridized carbons (Fsp3) is 0.381. The summed E-state index contributed by atoms with van der Waals surface area (Å²) in [5, 5.41) is 12.5. The van der Waals surface area contributed by atoms with Crippen molar-refractivity contribution < 1.29 is 27.5 Å². The molecule has 9 nitrogen and oxygen atoms in total. The number of nitriles is 1. The quantitative estimate of drug-likeness (QED) is 0.633. The minimum Gasteiger partial charge on any atom is -0.452 e. The van der Waals surface area contributed by atoms with Crippen LogP contribution in [0.1, 0.15) is 32.8 Å². The number of benzene rings is 1. The van der Waals surface area contributed by atoms with Crippen LogP contribution in [-0.2, 0) is 37.1 Å². The number of nitrogens with one attached hydrogen (secondary N) is 1. The zero-order valence-electron chi connectivity index (χ0n) is 17.1. The van der Waals surface area contributed by atoms with Crippen molar-refractivity contribution >= 4 is 38.2 Å². The second-order valence-electron chi connectivity index (χ2n) is 7.34. The van der Waals surface area contributed by atoms with Crippen LogP contribution in [-0.4, -0.2) is 57.5 Å². The molecule has 1 saturated heterocycles. The Hall–Kier alpha value is -2.78. The zero-order valence-corrected chi connectivity index (χ0v) is 18.8. The SMILES string of the molecule is N#Cc1c(NC(=O)COC(=O)c2cccc(S(=O)(=O)N3CCOCC3)c2)sc2c1CCC2. The molecule has 1 N–H and O–H groups in total. The summed E-state index contributed by atoms with van der Waals surface area (Å²) in [5.74, 6) is -1.37. The summed E-state index contributed by atoms with van der Waals surface area (Å²) < 4.78 is 37.1. The van der Waals surface area contributed by atoms with Crippen molar-refractivity contribution in [2.75, 3.05) is 38.2 Å². The van der Waals surface area contributed by atoms with Gasteiger partial charge in [0.25, 0.3) is 5.91 Å². The molecule has 0 spiro atoms. The fourth-order valence-corrected chi connectivity index (χ4v) is 6.42. The second kappa shape index (κ2) is 9.38. The predicted octanol–water partition coefficient (Wildman–Crippen LogP) is 1.92. The summed E-state index contributed by atoms with van der Waals surface area (Å²) in [5.41, 5.74) is 1.49. The number of anilines is 1. The average Bonchev–Trinajstić information content (AvgIpc) is 3.39. The van der Waals surface area contributed by atoms with Crippen LogP contribution in [0.2, 0.25) is 0 Å². The Balaban J connectivity index is 1.39. The number of nitrogens with zero attached hydrogens (tertiary/aromatic N) is 2. The molecule has 1 fully saturated rings. The number of sulfonamides is 1. The summed E-state index contributed by atoms with van der Waals surface area (Å²) in [4.78, 5) is 25.8. The molecule has 32 heavy (non-hydrogen) atoms. The van der Waals surface area contributed by atoms with Crippen molar-refractivity contribution in [3.8, 4) is 6.07 Å². The number of ether oxygens (including phenoxy) is 2. The van der Waals surface area contributed by atoms with E-state index >= 15 is 0 Å². The van der Waals surface area contributed by atoms with Crippen LogP contribution in [0, 0.1) is 11.3 Å².